The molecule has 5 heteroatoms. The number of aromatic nitrogens is 2. The molecule has 1 aromatic rings. The van der Waals surface area contributed by atoms with E-state index in [1.54, 1.807) is 35.2 Å². The first-order chi connectivity index (χ1) is 7.25. The quantitative estimate of drug-likeness (QED) is 0.593. The van der Waals surface area contributed by atoms with Gasteiger partial charge in [0.25, 0.3) is 0 Å². The summed E-state index contributed by atoms with van der Waals surface area (Å²) in [6.07, 6.45) is 7.79. The van der Waals surface area contributed by atoms with Gasteiger partial charge in [-0.25, -0.2) is 9.98 Å². The van der Waals surface area contributed by atoms with Crippen LogP contribution in [0.5, 0.6) is 0 Å². The second-order valence-electron chi connectivity index (χ2n) is 2.35. The Kier molecular flexibility index (Phi) is 6.54. The van der Waals surface area contributed by atoms with Crippen LogP contribution >= 0.6 is 0 Å². The number of imidazole rings is 1. The van der Waals surface area contributed by atoms with Gasteiger partial charge in [-0.1, -0.05) is 20.4 Å². The lowest BCUT2D eigenvalue weighted by molar-refractivity contribution is 0.723. The Hall–Kier alpha value is -1.91. The molecule has 0 unspecified atom stereocenters. The van der Waals surface area contributed by atoms with Gasteiger partial charge in [0.2, 0.25) is 5.96 Å². The van der Waals surface area contributed by atoms with Gasteiger partial charge < -0.3 is 4.90 Å². The van der Waals surface area contributed by atoms with E-state index in [1.807, 2.05) is 13.8 Å². The smallest absolute Gasteiger partial charge is 0.208 e. The van der Waals surface area contributed by atoms with Crippen LogP contribution < -0.4 is 0 Å². The summed E-state index contributed by atoms with van der Waals surface area (Å²) in [6, 6.07) is 0. The predicted octanol–water partition coefficient (Wildman–Crippen LogP) is 1.80. The number of aliphatic imine (C=N–C) groups is 1. The molecule has 1 heterocycles. The second-order valence-corrected chi connectivity index (χ2v) is 2.35. The van der Waals surface area contributed by atoms with E-state index in [2.05, 4.69) is 16.6 Å². The molecule has 0 aliphatic rings. The molecule has 0 saturated heterocycles. The molecule has 0 radical (unpaired) electrons. The van der Waals surface area contributed by atoms with Gasteiger partial charge in [-0.05, 0) is 0 Å². The van der Waals surface area contributed by atoms with E-state index >= 15 is 0 Å². The summed E-state index contributed by atoms with van der Waals surface area (Å²) in [5.74, 6) is 0.281. The van der Waals surface area contributed by atoms with Gasteiger partial charge >= 0.3 is 0 Å². The molecular weight excluding hydrogens is 190 g/mol. The Labute approximate surface area is 90.3 Å². The molecule has 0 saturated carbocycles. The van der Waals surface area contributed by atoms with Crippen LogP contribution in [0.3, 0.4) is 0 Å². The summed E-state index contributed by atoms with van der Waals surface area (Å²) in [5.41, 5.74) is 0. The fraction of sp³-hybridized carbons (Fsp3) is 0.300. The summed E-state index contributed by atoms with van der Waals surface area (Å²) in [5, 5.41) is 7.65. The van der Waals surface area contributed by atoms with E-state index in [9.17, 15) is 0 Å². The third-order valence-corrected chi connectivity index (χ3v) is 1.43. The van der Waals surface area contributed by atoms with Crippen molar-refractivity contribution in [2.45, 2.75) is 13.8 Å². The summed E-state index contributed by atoms with van der Waals surface area (Å²) in [7, 11) is 1.73. The first-order valence-electron chi connectivity index (χ1n) is 4.69. The monoisotopic (exact) mass is 207 g/mol. The molecule has 0 aromatic carbocycles. The van der Waals surface area contributed by atoms with Crippen molar-refractivity contribution in [1.82, 2.24) is 14.5 Å². The van der Waals surface area contributed by atoms with Gasteiger partial charge in [-0.3, -0.25) is 9.98 Å². The number of nitrogens with zero attached hydrogens (tertiary/aromatic N) is 4. The zero-order valence-corrected chi connectivity index (χ0v) is 9.38. The molecule has 0 amide bonds. The summed E-state index contributed by atoms with van der Waals surface area (Å²) < 4.78 is 1.58. The maximum Gasteiger partial charge on any atom is 0.208 e. The topological polar surface area (TPSA) is 57.3 Å². The number of hydrogen-bond acceptors (Lipinski definition) is 3. The number of hydrogen-bond donors (Lipinski definition) is 1. The molecule has 0 spiro atoms. The third-order valence-electron chi connectivity index (χ3n) is 1.43. The maximum absolute atomic E-state index is 7.65. The third kappa shape index (κ3) is 4.21. The Morgan fingerprint density at radius 2 is 2.27 bits per heavy atom. The lowest BCUT2D eigenvalue weighted by Gasteiger charge is -2.13. The molecule has 15 heavy (non-hydrogen) atoms. The minimum absolute atomic E-state index is 0.281. The van der Waals surface area contributed by atoms with Crippen molar-refractivity contribution < 1.29 is 0 Å². The van der Waals surface area contributed by atoms with Crippen molar-refractivity contribution in [2.24, 2.45) is 4.99 Å². The zero-order chi connectivity index (χ0) is 11.7. The molecule has 0 aliphatic heterocycles. The lowest BCUT2D eigenvalue weighted by Crippen LogP contribution is -2.29. The van der Waals surface area contributed by atoms with Crippen LogP contribution in [0, 0.1) is 5.41 Å². The molecule has 0 fully saturated rings. The van der Waals surface area contributed by atoms with Gasteiger partial charge in [-0.15, -0.1) is 0 Å². The summed E-state index contributed by atoms with van der Waals surface area (Å²) in [6.45, 7) is 7.44. The van der Waals surface area contributed by atoms with Crippen LogP contribution in [0.4, 0.5) is 0 Å². The summed E-state index contributed by atoms with van der Waals surface area (Å²) in [4.78, 5) is 9.19. The zero-order valence-electron chi connectivity index (χ0n) is 9.38. The van der Waals surface area contributed by atoms with Crippen molar-refractivity contribution >= 4 is 12.3 Å². The molecule has 82 valence electrons. The van der Waals surface area contributed by atoms with E-state index in [0.717, 1.165) is 0 Å². The van der Waals surface area contributed by atoms with Crippen molar-refractivity contribution in [3.8, 4) is 0 Å². The first kappa shape index (κ1) is 13.1. The highest BCUT2D eigenvalue weighted by Gasteiger charge is 2.01. The Balaban J connectivity index is 0.000000921. The standard InChI is InChI=1S/C8H11N5.C2H6/c1-3-10-6-12(2)8(9)13-5-4-11-7-13;1-2/h3-7,9H,1H2,2H3;1-2H3. The maximum atomic E-state index is 7.65. The van der Waals surface area contributed by atoms with Crippen LogP contribution in [0.25, 0.3) is 0 Å². The van der Waals surface area contributed by atoms with Gasteiger partial charge in [0.15, 0.2) is 0 Å². The lowest BCUT2D eigenvalue weighted by atomic mass is 10.7. The largest absolute Gasteiger partial charge is 0.306 e. The second kappa shape index (κ2) is 7.49. The van der Waals surface area contributed by atoms with Gasteiger partial charge in [0.1, 0.15) is 6.33 Å². The minimum Gasteiger partial charge on any atom is -0.306 e. The molecule has 1 N–H and O–H groups in total. The van der Waals surface area contributed by atoms with Crippen molar-refractivity contribution in [3.63, 3.8) is 0 Å². The van der Waals surface area contributed by atoms with Gasteiger partial charge in [0.05, 0.1) is 6.34 Å². The highest BCUT2D eigenvalue weighted by atomic mass is 15.3. The molecule has 0 bridgehead atoms. The van der Waals surface area contributed by atoms with Gasteiger partial charge in [-0.2, -0.15) is 0 Å². The van der Waals surface area contributed by atoms with Crippen LogP contribution in [0.2, 0.25) is 0 Å². The molecule has 0 atom stereocenters. The normalized spacial score (nSPS) is 9.27. The summed E-state index contributed by atoms with van der Waals surface area (Å²) >= 11 is 0. The predicted molar refractivity (Wildman–Crippen MR) is 63.2 cm³/mol. The van der Waals surface area contributed by atoms with Crippen LogP contribution in [-0.4, -0.2) is 33.8 Å². The van der Waals surface area contributed by atoms with Crippen LogP contribution in [0.1, 0.15) is 13.8 Å². The average Bonchev–Trinajstić information content (AvgIpc) is 2.81. The van der Waals surface area contributed by atoms with Gasteiger partial charge in [0, 0.05) is 25.6 Å². The Bertz CT molecular complexity index is 313. The van der Waals surface area contributed by atoms with E-state index < -0.39 is 0 Å². The molecular formula is C10H17N5. The van der Waals surface area contributed by atoms with E-state index in [0.29, 0.717) is 0 Å². The Morgan fingerprint density at radius 3 is 2.73 bits per heavy atom. The van der Waals surface area contributed by atoms with E-state index in [4.69, 9.17) is 5.41 Å². The van der Waals surface area contributed by atoms with Crippen molar-refractivity contribution in [1.29, 1.82) is 5.41 Å². The van der Waals surface area contributed by atoms with Crippen LogP contribution in [-0.2, 0) is 0 Å². The Morgan fingerprint density at radius 1 is 1.60 bits per heavy atom. The van der Waals surface area contributed by atoms with Crippen molar-refractivity contribution in [2.75, 3.05) is 7.05 Å². The number of nitrogens with one attached hydrogen (secondary N) is 1. The first-order valence-corrected chi connectivity index (χ1v) is 4.69. The van der Waals surface area contributed by atoms with Crippen LogP contribution in [0.15, 0.2) is 36.5 Å². The molecule has 1 aromatic heterocycles. The fourth-order valence-electron chi connectivity index (χ4n) is 0.768. The fourth-order valence-corrected chi connectivity index (χ4v) is 0.768. The minimum atomic E-state index is 0.281. The highest BCUT2D eigenvalue weighted by Crippen LogP contribution is 1.89. The SMILES string of the molecule is C=CN=CN(C)C(=N)n1ccnc1.CC. The number of rotatable bonds is 2. The molecule has 5 nitrogen and oxygen atoms in total. The average molecular weight is 207 g/mol. The highest BCUT2D eigenvalue weighted by molar-refractivity contribution is 5.89. The van der Waals surface area contributed by atoms with E-state index in [-0.39, 0.29) is 5.96 Å². The molecule has 1 rings (SSSR count). The molecule has 0 aliphatic carbocycles. The van der Waals surface area contributed by atoms with E-state index in [1.165, 1.54) is 12.5 Å². The van der Waals surface area contributed by atoms with Crippen molar-refractivity contribution in [3.05, 3.63) is 31.5 Å².